The second kappa shape index (κ2) is 10.2. The third kappa shape index (κ3) is 6.08. The average molecular weight is 385 g/mol. The number of fused-ring (bicyclic) bond motifs is 1. The molecular weight excluding hydrogens is 358 g/mol. The van der Waals surface area contributed by atoms with Gasteiger partial charge in [-0.15, -0.1) is 0 Å². The molecule has 0 saturated carbocycles. The van der Waals surface area contributed by atoms with Crippen LogP contribution in [0, 0.1) is 0 Å². The van der Waals surface area contributed by atoms with Gasteiger partial charge in [-0.05, 0) is 25.7 Å². The van der Waals surface area contributed by atoms with Crippen molar-refractivity contribution in [1.29, 1.82) is 0 Å². The molecule has 6 N–H and O–H groups in total. The van der Waals surface area contributed by atoms with Crippen molar-refractivity contribution in [1.82, 2.24) is 16.0 Å². The van der Waals surface area contributed by atoms with E-state index < -0.39 is 12.0 Å². The highest BCUT2D eigenvalue weighted by Gasteiger charge is 2.40. The Balaban J connectivity index is 1.61. The number of hydrogen-bond donors (Lipinski definition) is 5. The molecule has 146 valence electrons. The molecule has 2 rings (SSSR count). The fraction of sp³-hybridized carbons (Fsp3) is 0.750. The number of hydrogen-bond acceptors (Lipinski definition) is 7. The molecule has 10 heteroatoms. The number of aliphatic carboxylic acids is 1. The number of unbranched alkanes of at least 4 members (excludes halogenated alkanes) is 1. The van der Waals surface area contributed by atoms with E-state index in [1.165, 1.54) is 0 Å². The minimum Gasteiger partial charge on any atom is -0.480 e. The van der Waals surface area contributed by atoms with Gasteiger partial charge in [-0.2, -0.15) is 11.8 Å². The van der Waals surface area contributed by atoms with Crippen molar-refractivity contribution in [2.45, 2.75) is 61.9 Å². The molecule has 2 aliphatic heterocycles. The van der Waals surface area contributed by atoms with Gasteiger partial charge in [0.15, 0.2) is 5.96 Å². The van der Waals surface area contributed by atoms with Crippen LogP contribution in [0.1, 0.15) is 38.5 Å². The lowest BCUT2D eigenvalue weighted by atomic mass is 10.0. The summed E-state index contributed by atoms with van der Waals surface area (Å²) in [6, 6.07) is -0.354. The largest absolute Gasteiger partial charge is 0.480 e. The lowest BCUT2D eigenvalue weighted by molar-refractivity contribution is -0.142. The predicted molar refractivity (Wildman–Crippen MR) is 99.9 cm³/mol. The van der Waals surface area contributed by atoms with Crippen LogP contribution in [0.5, 0.6) is 0 Å². The Bertz CT molecular complexity index is 545. The van der Waals surface area contributed by atoms with Gasteiger partial charge in [0.1, 0.15) is 6.04 Å². The van der Waals surface area contributed by atoms with E-state index in [0.29, 0.717) is 49.5 Å². The SMILES string of the molecule is NC1=NC2C(CSC2CCCCC(=O)NC(CCCNC=O)C(=O)O)N1. The number of carboxylic acid groups (broad SMARTS) is 1. The molecule has 9 nitrogen and oxygen atoms in total. The van der Waals surface area contributed by atoms with Crippen LogP contribution in [0.25, 0.3) is 0 Å². The number of carbonyl (C=O) groups excluding carboxylic acids is 2. The van der Waals surface area contributed by atoms with Crippen molar-refractivity contribution in [3.05, 3.63) is 0 Å². The maximum atomic E-state index is 12.0. The topological polar surface area (TPSA) is 146 Å². The van der Waals surface area contributed by atoms with Crippen molar-refractivity contribution in [2.75, 3.05) is 12.3 Å². The zero-order valence-corrected chi connectivity index (χ0v) is 15.5. The number of aliphatic imine (C=N–C) groups is 1. The van der Waals surface area contributed by atoms with Gasteiger partial charge >= 0.3 is 5.97 Å². The molecule has 4 unspecified atom stereocenters. The molecule has 26 heavy (non-hydrogen) atoms. The monoisotopic (exact) mass is 385 g/mol. The Hall–Kier alpha value is -1.97. The fourth-order valence-corrected chi connectivity index (χ4v) is 4.76. The van der Waals surface area contributed by atoms with Crippen LogP contribution in [0.3, 0.4) is 0 Å². The molecule has 2 aliphatic rings. The molecule has 4 atom stereocenters. The summed E-state index contributed by atoms with van der Waals surface area (Å²) in [4.78, 5) is 37.8. The molecule has 0 aromatic rings. The van der Waals surface area contributed by atoms with Crippen LogP contribution in [0.15, 0.2) is 4.99 Å². The van der Waals surface area contributed by atoms with Crippen LogP contribution >= 0.6 is 11.8 Å². The first-order valence-electron chi connectivity index (χ1n) is 8.92. The summed E-state index contributed by atoms with van der Waals surface area (Å²) in [6.07, 6.45) is 4.24. The van der Waals surface area contributed by atoms with Gasteiger partial charge in [0, 0.05) is 24.0 Å². The number of nitrogens with one attached hydrogen (secondary N) is 3. The lowest BCUT2D eigenvalue weighted by Gasteiger charge is -2.15. The minimum absolute atomic E-state index is 0.227. The van der Waals surface area contributed by atoms with Crippen molar-refractivity contribution < 1.29 is 19.5 Å². The molecule has 0 bridgehead atoms. The van der Waals surface area contributed by atoms with E-state index >= 15 is 0 Å². The highest BCUT2D eigenvalue weighted by atomic mass is 32.2. The summed E-state index contributed by atoms with van der Waals surface area (Å²) in [5.41, 5.74) is 5.71. The number of carboxylic acids is 1. The third-order valence-electron chi connectivity index (χ3n) is 4.58. The molecule has 1 saturated heterocycles. The van der Waals surface area contributed by atoms with Crippen molar-refractivity contribution >= 4 is 36.0 Å². The molecule has 0 spiro atoms. The number of rotatable bonds is 12. The van der Waals surface area contributed by atoms with Crippen LogP contribution in [-0.4, -0.2) is 65.0 Å². The average Bonchev–Trinajstić information content (AvgIpc) is 3.13. The quantitative estimate of drug-likeness (QED) is 0.223. The van der Waals surface area contributed by atoms with E-state index in [9.17, 15) is 14.4 Å². The highest BCUT2D eigenvalue weighted by molar-refractivity contribution is 8.00. The first-order valence-corrected chi connectivity index (χ1v) is 9.96. The first kappa shape index (κ1) is 20.3. The van der Waals surface area contributed by atoms with E-state index in [1.54, 1.807) is 0 Å². The van der Waals surface area contributed by atoms with Gasteiger partial charge in [-0.25, -0.2) is 9.79 Å². The van der Waals surface area contributed by atoms with E-state index in [-0.39, 0.29) is 18.4 Å². The normalized spacial score (nSPS) is 24.9. The van der Waals surface area contributed by atoms with E-state index in [4.69, 9.17) is 10.8 Å². The second-order valence-electron chi connectivity index (χ2n) is 6.55. The molecule has 0 aliphatic carbocycles. The molecule has 0 aromatic heterocycles. The summed E-state index contributed by atoms with van der Waals surface area (Å²) in [6.45, 7) is 0.395. The van der Waals surface area contributed by atoms with Crippen LogP contribution in [0.2, 0.25) is 0 Å². The second-order valence-corrected chi connectivity index (χ2v) is 7.82. The third-order valence-corrected chi connectivity index (χ3v) is 6.07. The zero-order valence-electron chi connectivity index (χ0n) is 14.6. The summed E-state index contributed by atoms with van der Waals surface area (Å²) >= 11 is 1.89. The van der Waals surface area contributed by atoms with Gasteiger partial charge in [0.05, 0.1) is 12.1 Å². The predicted octanol–water partition coefficient (Wildman–Crippen LogP) is -0.587. The standard InChI is InChI=1S/C16H27N5O4S/c17-16-20-11-8-26-12(14(11)21-16)5-1-2-6-13(23)19-10(15(24)25)4-3-7-18-9-22/h9-12,14H,1-8H2,(H,18,22)(H,19,23)(H,24,25)(H3,17,20,21). The Kier molecular flexibility index (Phi) is 8.02. The Morgan fingerprint density at radius 1 is 1.42 bits per heavy atom. The number of nitrogens with two attached hydrogens (primary N) is 1. The van der Waals surface area contributed by atoms with Gasteiger partial charge in [-0.3, -0.25) is 9.59 Å². The Morgan fingerprint density at radius 3 is 2.96 bits per heavy atom. The van der Waals surface area contributed by atoms with Gasteiger partial charge in [0.2, 0.25) is 12.3 Å². The van der Waals surface area contributed by atoms with E-state index in [0.717, 1.165) is 18.6 Å². The van der Waals surface area contributed by atoms with Crippen molar-refractivity contribution in [2.24, 2.45) is 10.7 Å². The number of thioether (sulfide) groups is 1. The number of guanidine groups is 1. The maximum absolute atomic E-state index is 12.0. The zero-order chi connectivity index (χ0) is 18.9. The highest BCUT2D eigenvalue weighted by Crippen LogP contribution is 2.35. The van der Waals surface area contributed by atoms with E-state index in [1.807, 2.05) is 11.8 Å². The van der Waals surface area contributed by atoms with Gasteiger partial charge in [-0.1, -0.05) is 6.42 Å². The molecular formula is C16H27N5O4S. The molecule has 0 aromatic carbocycles. The maximum Gasteiger partial charge on any atom is 0.326 e. The summed E-state index contributed by atoms with van der Waals surface area (Å²) in [7, 11) is 0. The number of amides is 2. The van der Waals surface area contributed by atoms with Crippen LogP contribution < -0.4 is 21.7 Å². The Labute approximate surface area is 156 Å². The Morgan fingerprint density at radius 2 is 2.23 bits per heavy atom. The summed E-state index contributed by atoms with van der Waals surface area (Å²) < 4.78 is 0. The fourth-order valence-electron chi connectivity index (χ4n) is 3.25. The first-order chi connectivity index (χ1) is 12.5. The van der Waals surface area contributed by atoms with Gasteiger partial charge < -0.3 is 26.8 Å². The lowest BCUT2D eigenvalue weighted by Crippen LogP contribution is -2.41. The van der Waals surface area contributed by atoms with Crippen LogP contribution in [-0.2, 0) is 14.4 Å². The molecule has 1 fully saturated rings. The van der Waals surface area contributed by atoms with Crippen molar-refractivity contribution in [3.8, 4) is 0 Å². The van der Waals surface area contributed by atoms with Crippen LogP contribution in [0.4, 0.5) is 0 Å². The van der Waals surface area contributed by atoms with E-state index in [2.05, 4.69) is 20.9 Å². The number of nitrogens with zero attached hydrogens (tertiary/aromatic N) is 1. The van der Waals surface area contributed by atoms with Gasteiger partial charge in [0.25, 0.3) is 0 Å². The minimum atomic E-state index is -1.05. The molecule has 0 radical (unpaired) electrons. The molecule has 2 amide bonds. The van der Waals surface area contributed by atoms with Crippen molar-refractivity contribution in [3.63, 3.8) is 0 Å². The summed E-state index contributed by atoms with van der Waals surface area (Å²) in [5.74, 6) is 0.219. The summed E-state index contributed by atoms with van der Waals surface area (Å²) in [5, 5.41) is 17.8. The number of carbonyl (C=O) groups is 3. The smallest absolute Gasteiger partial charge is 0.326 e. The molecule has 2 heterocycles.